The standard InChI is InChI=1S/C22H32O10.2C2H6/c1-14(2)30-20(23)10-8-17-7-9-18(26-12-28-21(24)31-15(3)4)19(11-17)27-13-29-22(25)32-16(5)6;2*1-2/h7,9,11,14-16H,8,10,12-13H2,1-6H3;2*1-2H3. The molecule has 208 valence electrons. The summed E-state index contributed by atoms with van der Waals surface area (Å²) in [5, 5.41) is 0. The van der Waals surface area contributed by atoms with Gasteiger partial charge in [0, 0.05) is 6.42 Å². The summed E-state index contributed by atoms with van der Waals surface area (Å²) in [6, 6.07) is 4.94. The van der Waals surface area contributed by atoms with Crippen LogP contribution in [0.15, 0.2) is 18.2 Å². The van der Waals surface area contributed by atoms with Crippen molar-refractivity contribution in [3.05, 3.63) is 23.8 Å². The van der Waals surface area contributed by atoms with Gasteiger partial charge in [-0.2, -0.15) is 0 Å². The minimum Gasteiger partial charge on any atom is -0.463 e. The van der Waals surface area contributed by atoms with Crippen LogP contribution in [0.4, 0.5) is 9.59 Å². The quantitative estimate of drug-likeness (QED) is 0.175. The summed E-state index contributed by atoms with van der Waals surface area (Å²) >= 11 is 0. The first-order valence-corrected chi connectivity index (χ1v) is 12.3. The molecule has 0 N–H and O–H groups in total. The van der Waals surface area contributed by atoms with Crippen molar-refractivity contribution in [2.45, 2.75) is 100 Å². The third kappa shape index (κ3) is 18.2. The largest absolute Gasteiger partial charge is 0.511 e. The molecule has 0 heterocycles. The molecule has 0 aliphatic carbocycles. The van der Waals surface area contributed by atoms with Crippen molar-refractivity contribution in [3.63, 3.8) is 0 Å². The third-order valence-electron chi connectivity index (χ3n) is 3.44. The summed E-state index contributed by atoms with van der Waals surface area (Å²) in [4.78, 5) is 34.8. The zero-order valence-electron chi connectivity index (χ0n) is 23.4. The van der Waals surface area contributed by atoms with Crippen molar-refractivity contribution in [2.24, 2.45) is 0 Å². The van der Waals surface area contributed by atoms with Gasteiger partial charge in [0.25, 0.3) is 0 Å². The van der Waals surface area contributed by atoms with E-state index in [0.717, 1.165) is 5.56 Å². The molecule has 36 heavy (non-hydrogen) atoms. The molecule has 0 atom stereocenters. The smallest absolute Gasteiger partial charge is 0.463 e. The van der Waals surface area contributed by atoms with Crippen LogP contribution in [-0.2, 0) is 34.9 Å². The molecule has 0 spiro atoms. The molecule has 1 aromatic carbocycles. The summed E-state index contributed by atoms with van der Waals surface area (Å²) in [5.41, 5.74) is 0.762. The van der Waals surface area contributed by atoms with Gasteiger partial charge in [-0.15, -0.1) is 0 Å². The number of rotatable bonds is 12. The van der Waals surface area contributed by atoms with E-state index >= 15 is 0 Å². The lowest BCUT2D eigenvalue weighted by atomic mass is 10.1. The Morgan fingerprint density at radius 2 is 1.11 bits per heavy atom. The van der Waals surface area contributed by atoms with E-state index in [1.165, 1.54) is 0 Å². The lowest BCUT2D eigenvalue weighted by Gasteiger charge is -2.15. The van der Waals surface area contributed by atoms with E-state index in [4.69, 9.17) is 33.2 Å². The zero-order chi connectivity index (χ0) is 28.1. The maximum absolute atomic E-state index is 11.8. The molecule has 0 aliphatic heterocycles. The predicted molar refractivity (Wildman–Crippen MR) is 135 cm³/mol. The van der Waals surface area contributed by atoms with Crippen molar-refractivity contribution >= 4 is 18.3 Å². The van der Waals surface area contributed by atoms with E-state index in [1.54, 1.807) is 59.7 Å². The van der Waals surface area contributed by atoms with E-state index in [1.807, 2.05) is 27.7 Å². The van der Waals surface area contributed by atoms with Crippen LogP contribution in [0.3, 0.4) is 0 Å². The molecule has 0 fully saturated rings. The van der Waals surface area contributed by atoms with Crippen LogP contribution in [0.25, 0.3) is 0 Å². The van der Waals surface area contributed by atoms with Crippen LogP contribution in [0.1, 0.15) is 81.2 Å². The van der Waals surface area contributed by atoms with Crippen LogP contribution >= 0.6 is 0 Å². The highest BCUT2D eigenvalue weighted by Gasteiger charge is 2.13. The molecule has 1 rings (SSSR count). The first-order chi connectivity index (χ1) is 17.1. The normalized spacial score (nSPS) is 9.81. The SMILES string of the molecule is CC.CC.CC(C)OC(=O)CCc1ccc(OCOC(=O)OC(C)C)c(OCOC(=O)OC(C)C)c1. The van der Waals surface area contributed by atoms with Crippen LogP contribution in [0.2, 0.25) is 0 Å². The molecule has 0 aromatic heterocycles. The van der Waals surface area contributed by atoms with Gasteiger partial charge in [0.15, 0.2) is 11.5 Å². The summed E-state index contributed by atoms with van der Waals surface area (Å²) in [7, 11) is 0. The minimum absolute atomic E-state index is 0.180. The van der Waals surface area contributed by atoms with Gasteiger partial charge in [0.1, 0.15) is 0 Å². The van der Waals surface area contributed by atoms with E-state index in [0.29, 0.717) is 6.42 Å². The zero-order valence-corrected chi connectivity index (χ0v) is 23.4. The Morgan fingerprint density at radius 1 is 0.667 bits per heavy atom. The van der Waals surface area contributed by atoms with E-state index < -0.39 is 25.9 Å². The van der Waals surface area contributed by atoms with Crippen molar-refractivity contribution in [3.8, 4) is 11.5 Å². The second-order valence-corrected chi connectivity index (χ2v) is 7.47. The Balaban J connectivity index is 0. The first-order valence-electron chi connectivity index (χ1n) is 12.3. The first kappa shape index (κ1) is 35.0. The Hall–Kier alpha value is -3.17. The predicted octanol–water partition coefficient (Wildman–Crippen LogP) is 6.42. The minimum atomic E-state index is -0.880. The lowest BCUT2D eigenvalue weighted by molar-refractivity contribution is -0.147. The topological polar surface area (TPSA) is 116 Å². The monoisotopic (exact) mass is 516 g/mol. The number of hydrogen-bond acceptors (Lipinski definition) is 10. The second-order valence-electron chi connectivity index (χ2n) is 7.47. The molecular weight excluding hydrogens is 472 g/mol. The number of benzene rings is 1. The van der Waals surface area contributed by atoms with Crippen molar-refractivity contribution < 1.29 is 47.5 Å². The fraction of sp³-hybridized carbons (Fsp3) is 0.654. The van der Waals surface area contributed by atoms with Crippen LogP contribution in [-0.4, -0.2) is 50.2 Å². The van der Waals surface area contributed by atoms with Crippen LogP contribution in [0, 0.1) is 0 Å². The second kappa shape index (κ2) is 21.1. The van der Waals surface area contributed by atoms with Crippen molar-refractivity contribution in [2.75, 3.05) is 13.6 Å². The van der Waals surface area contributed by atoms with Crippen LogP contribution < -0.4 is 9.47 Å². The number of ether oxygens (including phenoxy) is 7. The Labute approximate surface area is 215 Å². The molecule has 0 aliphatic rings. The van der Waals surface area contributed by atoms with E-state index in [9.17, 15) is 14.4 Å². The highest BCUT2D eigenvalue weighted by molar-refractivity contribution is 5.70. The maximum atomic E-state index is 11.8. The van der Waals surface area contributed by atoms with Gasteiger partial charge in [-0.1, -0.05) is 33.8 Å². The Kier molecular flexibility index (Phi) is 20.5. The summed E-state index contributed by atoms with van der Waals surface area (Å²) in [6.45, 7) is 17.5. The summed E-state index contributed by atoms with van der Waals surface area (Å²) in [5.74, 6) is 0.134. The summed E-state index contributed by atoms with van der Waals surface area (Å²) in [6.07, 6.45) is -2.03. The molecule has 10 nitrogen and oxygen atoms in total. The number of carbonyl (C=O) groups excluding carboxylic acids is 3. The maximum Gasteiger partial charge on any atom is 0.511 e. The number of carbonyl (C=O) groups is 3. The van der Waals surface area contributed by atoms with E-state index in [-0.39, 0.29) is 42.2 Å². The molecule has 0 saturated heterocycles. The Bertz CT molecular complexity index is 744. The average molecular weight is 517 g/mol. The molecule has 0 saturated carbocycles. The van der Waals surface area contributed by atoms with Gasteiger partial charge in [0.2, 0.25) is 13.6 Å². The molecule has 0 unspecified atom stereocenters. The molecular formula is C26H44O10. The number of hydrogen-bond donors (Lipinski definition) is 0. The van der Waals surface area contributed by atoms with Gasteiger partial charge in [-0.3, -0.25) is 4.79 Å². The molecule has 1 aromatic rings. The molecule has 0 bridgehead atoms. The van der Waals surface area contributed by atoms with Crippen LogP contribution in [0.5, 0.6) is 11.5 Å². The van der Waals surface area contributed by atoms with Gasteiger partial charge in [-0.05, 0) is 65.7 Å². The molecule has 0 amide bonds. The highest BCUT2D eigenvalue weighted by atomic mass is 16.8. The van der Waals surface area contributed by atoms with E-state index in [2.05, 4.69) is 0 Å². The van der Waals surface area contributed by atoms with Crippen molar-refractivity contribution in [1.29, 1.82) is 0 Å². The molecule has 10 heteroatoms. The molecule has 0 radical (unpaired) electrons. The van der Waals surface area contributed by atoms with Crippen molar-refractivity contribution in [1.82, 2.24) is 0 Å². The number of esters is 1. The average Bonchev–Trinajstić information content (AvgIpc) is 2.80. The van der Waals surface area contributed by atoms with Gasteiger partial charge < -0.3 is 33.2 Å². The highest BCUT2D eigenvalue weighted by Crippen LogP contribution is 2.29. The van der Waals surface area contributed by atoms with Gasteiger partial charge >= 0.3 is 18.3 Å². The van der Waals surface area contributed by atoms with Gasteiger partial charge in [-0.25, -0.2) is 9.59 Å². The fourth-order valence-electron chi connectivity index (χ4n) is 2.24. The third-order valence-corrected chi connectivity index (χ3v) is 3.44. The lowest BCUT2D eigenvalue weighted by Crippen LogP contribution is -2.17. The fourth-order valence-corrected chi connectivity index (χ4v) is 2.24. The summed E-state index contributed by atoms with van der Waals surface area (Å²) < 4.78 is 35.5. The Morgan fingerprint density at radius 3 is 1.56 bits per heavy atom. The van der Waals surface area contributed by atoms with Gasteiger partial charge in [0.05, 0.1) is 18.3 Å². The number of aryl methyl sites for hydroxylation is 1.